The van der Waals surface area contributed by atoms with E-state index in [1.165, 1.54) is 18.2 Å². The Morgan fingerprint density at radius 2 is 2.56 bits per heavy atom. The summed E-state index contributed by atoms with van der Waals surface area (Å²) in [5.41, 5.74) is 0. The Morgan fingerprint density at radius 1 is 1.89 bits per heavy atom. The third kappa shape index (κ3) is 0.929. The second kappa shape index (κ2) is 2.14. The van der Waals surface area contributed by atoms with Crippen LogP contribution in [0.4, 0.5) is 4.79 Å². The molecule has 0 fully saturated rings. The second-order valence-electron chi connectivity index (χ2n) is 1.80. The van der Waals surface area contributed by atoms with Crippen LogP contribution in [-0.2, 0) is 4.74 Å². The molecule has 50 valence electrons. The van der Waals surface area contributed by atoms with Gasteiger partial charge in [-0.2, -0.15) is 0 Å². The Balaban J connectivity index is 2.62. The van der Waals surface area contributed by atoms with Crippen molar-refractivity contribution >= 4 is 12.2 Å². The first-order valence-electron chi connectivity index (χ1n) is 2.59. The van der Waals surface area contributed by atoms with Crippen LogP contribution >= 0.6 is 0 Å². The lowest BCUT2D eigenvalue weighted by Gasteiger charge is -2.14. The van der Waals surface area contributed by atoms with E-state index in [1.54, 1.807) is 7.05 Å². The summed E-state index contributed by atoms with van der Waals surface area (Å²) in [4.78, 5) is 15.5. The molecule has 1 aliphatic heterocycles. The van der Waals surface area contributed by atoms with E-state index in [4.69, 9.17) is 4.74 Å². The first-order valence-corrected chi connectivity index (χ1v) is 2.59. The number of hydrogen-bond acceptors (Lipinski definition) is 2. The lowest BCUT2D eigenvalue weighted by Crippen LogP contribution is -2.31. The molecule has 1 unspecified atom stereocenters. The molecule has 0 aliphatic carbocycles. The van der Waals surface area contributed by atoms with Gasteiger partial charge in [-0.25, -0.2) is 9.79 Å². The van der Waals surface area contributed by atoms with Gasteiger partial charge in [0, 0.05) is 14.2 Å². The number of rotatable bonds is 1. The lowest BCUT2D eigenvalue weighted by atomic mass is 10.6. The number of amides is 2. The van der Waals surface area contributed by atoms with Crippen LogP contribution in [-0.4, -0.2) is 37.5 Å². The molecule has 1 rings (SSSR count). The number of methoxy groups -OCH3 is 1. The zero-order chi connectivity index (χ0) is 6.85. The second-order valence-corrected chi connectivity index (χ2v) is 1.80. The standard InChI is InChI=1S/C5H8N2O2/c1-7-4(9-2)3-6-5(7)8/h3-4H,1-2H3. The van der Waals surface area contributed by atoms with Gasteiger partial charge in [-0.3, -0.25) is 4.90 Å². The Hall–Kier alpha value is -0.900. The molecule has 0 bridgehead atoms. The van der Waals surface area contributed by atoms with Gasteiger partial charge < -0.3 is 4.74 Å². The average molecular weight is 128 g/mol. The maximum Gasteiger partial charge on any atom is 0.345 e. The van der Waals surface area contributed by atoms with E-state index in [-0.39, 0.29) is 12.3 Å². The Labute approximate surface area is 53.1 Å². The fraction of sp³-hybridized carbons (Fsp3) is 0.600. The first kappa shape index (κ1) is 6.22. The van der Waals surface area contributed by atoms with E-state index in [0.717, 1.165) is 0 Å². The summed E-state index contributed by atoms with van der Waals surface area (Å²) in [6, 6.07) is -0.248. The van der Waals surface area contributed by atoms with Crippen LogP contribution in [0, 0.1) is 0 Å². The summed E-state index contributed by atoms with van der Waals surface area (Å²) < 4.78 is 4.85. The minimum Gasteiger partial charge on any atom is -0.356 e. The molecular formula is C5H8N2O2. The van der Waals surface area contributed by atoms with Crippen molar-refractivity contribution in [2.45, 2.75) is 6.23 Å². The van der Waals surface area contributed by atoms with Crippen molar-refractivity contribution in [1.82, 2.24) is 4.90 Å². The van der Waals surface area contributed by atoms with Crippen molar-refractivity contribution in [3.05, 3.63) is 0 Å². The van der Waals surface area contributed by atoms with E-state index in [0.29, 0.717) is 0 Å². The number of carbonyl (C=O) groups excluding carboxylic acids is 1. The molecule has 0 spiro atoms. The number of nitrogens with zero attached hydrogens (tertiary/aromatic N) is 2. The van der Waals surface area contributed by atoms with Crippen molar-refractivity contribution in [3.63, 3.8) is 0 Å². The molecule has 0 radical (unpaired) electrons. The molecule has 0 aromatic carbocycles. The van der Waals surface area contributed by atoms with Gasteiger partial charge in [-0.1, -0.05) is 0 Å². The molecule has 0 saturated carbocycles. The van der Waals surface area contributed by atoms with Crippen LogP contribution in [0.25, 0.3) is 0 Å². The van der Waals surface area contributed by atoms with Gasteiger partial charge in [0.25, 0.3) is 0 Å². The Bertz CT molecular complexity index is 155. The monoisotopic (exact) mass is 128 g/mol. The van der Waals surface area contributed by atoms with Crippen LogP contribution < -0.4 is 0 Å². The number of hydrogen-bond donors (Lipinski definition) is 0. The van der Waals surface area contributed by atoms with Gasteiger partial charge in [0.05, 0.1) is 6.21 Å². The minimum absolute atomic E-state index is 0.248. The quantitative estimate of drug-likeness (QED) is 0.502. The molecule has 2 amide bonds. The third-order valence-corrected chi connectivity index (χ3v) is 1.24. The van der Waals surface area contributed by atoms with Gasteiger partial charge in [0.1, 0.15) is 0 Å². The first-order chi connectivity index (χ1) is 4.25. The smallest absolute Gasteiger partial charge is 0.345 e. The zero-order valence-electron chi connectivity index (χ0n) is 5.37. The molecule has 0 saturated heterocycles. The fourth-order valence-corrected chi connectivity index (χ4v) is 0.646. The van der Waals surface area contributed by atoms with Crippen LogP contribution in [0.1, 0.15) is 0 Å². The molecule has 1 atom stereocenters. The molecule has 4 heteroatoms. The van der Waals surface area contributed by atoms with Crippen LogP contribution in [0.3, 0.4) is 0 Å². The van der Waals surface area contributed by atoms with Crippen molar-refractivity contribution < 1.29 is 9.53 Å². The largest absolute Gasteiger partial charge is 0.356 e. The van der Waals surface area contributed by atoms with Crippen molar-refractivity contribution in [2.24, 2.45) is 4.99 Å². The zero-order valence-corrected chi connectivity index (χ0v) is 5.37. The molecule has 0 aromatic rings. The fourth-order valence-electron chi connectivity index (χ4n) is 0.646. The van der Waals surface area contributed by atoms with Crippen LogP contribution in [0.2, 0.25) is 0 Å². The highest BCUT2D eigenvalue weighted by atomic mass is 16.5. The van der Waals surface area contributed by atoms with E-state index in [1.807, 2.05) is 0 Å². The van der Waals surface area contributed by atoms with Gasteiger partial charge in [0.15, 0.2) is 6.23 Å². The normalized spacial score (nSPS) is 25.8. The molecule has 9 heavy (non-hydrogen) atoms. The number of aliphatic imine (C=N–C) groups is 1. The van der Waals surface area contributed by atoms with E-state index in [9.17, 15) is 4.79 Å². The summed E-state index contributed by atoms with van der Waals surface area (Å²) in [7, 11) is 3.18. The number of urea groups is 1. The van der Waals surface area contributed by atoms with E-state index < -0.39 is 0 Å². The summed E-state index contributed by atoms with van der Waals surface area (Å²) in [5.74, 6) is 0. The molecule has 1 heterocycles. The molecule has 1 aliphatic rings. The number of ether oxygens (including phenoxy) is 1. The van der Waals surface area contributed by atoms with Gasteiger partial charge in [-0.15, -0.1) is 0 Å². The predicted octanol–water partition coefficient (Wildman–Crippen LogP) is 0.0951. The molecule has 0 N–H and O–H groups in total. The Kier molecular flexibility index (Phi) is 1.48. The highest BCUT2D eigenvalue weighted by Gasteiger charge is 2.22. The Morgan fingerprint density at radius 3 is 2.78 bits per heavy atom. The highest BCUT2D eigenvalue weighted by molar-refractivity contribution is 5.91. The average Bonchev–Trinajstić information content (AvgIpc) is 2.15. The van der Waals surface area contributed by atoms with Crippen molar-refractivity contribution in [2.75, 3.05) is 14.2 Å². The number of carbonyl (C=O) groups is 1. The SMILES string of the molecule is COC1C=NC(=O)N1C. The van der Waals surface area contributed by atoms with Gasteiger partial charge in [0.2, 0.25) is 0 Å². The van der Waals surface area contributed by atoms with Crippen molar-refractivity contribution in [1.29, 1.82) is 0 Å². The highest BCUT2D eigenvalue weighted by Crippen LogP contribution is 2.03. The predicted molar refractivity (Wildman–Crippen MR) is 32.4 cm³/mol. The van der Waals surface area contributed by atoms with Gasteiger partial charge >= 0.3 is 6.03 Å². The summed E-state index contributed by atoms with van der Waals surface area (Å²) >= 11 is 0. The minimum atomic E-state index is -0.266. The summed E-state index contributed by atoms with van der Waals surface area (Å²) in [6.07, 6.45) is 1.21. The lowest BCUT2D eigenvalue weighted by molar-refractivity contribution is 0.0678. The van der Waals surface area contributed by atoms with Gasteiger partial charge in [-0.05, 0) is 0 Å². The summed E-state index contributed by atoms with van der Waals surface area (Å²) in [5, 5.41) is 0. The third-order valence-electron chi connectivity index (χ3n) is 1.24. The van der Waals surface area contributed by atoms with E-state index >= 15 is 0 Å². The topological polar surface area (TPSA) is 41.9 Å². The molecule has 4 nitrogen and oxygen atoms in total. The maximum absolute atomic E-state index is 10.6. The van der Waals surface area contributed by atoms with Crippen LogP contribution in [0.15, 0.2) is 4.99 Å². The van der Waals surface area contributed by atoms with Crippen molar-refractivity contribution in [3.8, 4) is 0 Å². The molecular weight excluding hydrogens is 120 g/mol. The maximum atomic E-state index is 10.6. The van der Waals surface area contributed by atoms with Crippen LogP contribution in [0.5, 0.6) is 0 Å². The van der Waals surface area contributed by atoms with E-state index in [2.05, 4.69) is 4.99 Å². The summed E-state index contributed by atoms with van der Waals surface area (Å²) in [6.45, 7) is 0. The molecule has 0 aromatic heterocycles.